The monoisotopic (exact) mass is 497 g/mol. The van der Waals surface area contributed by atoms with Crippen molar-refractivity contribution >= 4 is 33.2 Å². The van der Waals surface area contributed by atoms with E-state index in [0.717, 1.165) is 57.0 Å². The largest absolute Gasteiger partial charge is 0.375 e. The normalized spacial score (nSPS) is 16.3. The van der Waals surface area contributed by atoms with E-state index in [9.17, 15) is 9.59 Å². The highest BCUT2D eigenvalue weighted by Gasteiger charge is 2.21. The van der Waals surface area contributed by atoms with E-state index < -0.39 is 5.69 Å². The van der Waals surface area contributed by atoms with Crippen LogP contribution in [0, 0.1) is 13.8 Å². The van der Waals surface area contributed by atoms with E-state index in [1.54, 1.807) is 13.3 Å². The first-order chi connectivity index (χ1) is 16.4. The van der Waals surface area contributed by atoms with Crippen molar-refractivity contribution in [1.29, 1.82) is 0 Å². The molecule has 0 aliphatic carbocycles. The third-order valence-electron chi connectivity index (χ3n) is 6.05. The number of morpholine rings is 1. The predicted octanol–water partition coefficient (Wildman–Crippen LogP) is 3.06. The number of nitrogens with zero attached hydrogens (tertiary/aromatic N) is 3. The molecule has 34 heavy (non-hydrogen) atoms. The average molecular weight is 498 g/mol. The highest BCUT2D eigenvalue weighted by Crippen LogP contribution is 2.37. The summed E-state index contributed by atoms with van der Waals surface area (Å²) >= 11 is 7.95. The van der Waals surface area contributed by atoms with Crippen molar-refractivity contribution in [3.05, 3.63) is 78.2 Å². The molecule has 1 fully saturated rings. The fraction of sp³-hybridized carbons (Fsp3) is 0.333. The molecule has 0 bridgehead atoms. The van der Waals surface area contributed by atoms with Crippen LogP contribution in [-0.4, -0.2) is 45.3 Å². The molecule has 1 saturated heterocycles. The van der Waals surface area contributed by atoms with Crippen LogP contribution in [0.5, 0.6) is 0 Å². The SMILES string of the molecule is Cc1cc(Cl)cc(-c2ncnc3cc(Cn4c(=O)[nH]cc(C)c4=O)sc23)c1CC1CNCCO1. The Morgan fingerprint density at radius 2 is 2.06 bits per heavy atom. The molecular weight excluding hydrogens is 474 g/mol. The van der Waals surface area contributed by atoms with E-state index in [4.69, 9.17) is 16.3 Å². The van der Waals surface area contributed by atoms with Crippen molar-refractivity contribution in [2.75, 3.05) is 19.7 Å². The van der Waals surface area contributed by atoms with Gasteiger partial charge in [0.05, 0.1) is 35.2 Å². The van der Waals surface area contributed by atoms with E-state index in [1.807, 2.05) is 18.2 Å². The van der Waals surface area contributed by atoms with Gasteiger partial charge in [0.25, 0.3) is 5.56 Å². The number of nitrogens with one attached hydrogen (secondary N) is 2. The molecule has 4 aromatic rings. The first-order valence-corrected chi connectivity index (χ1v) is 12.2. The Hall–Kier alpha value is -2.85. The third kappa shape index (κ3) is 4.44. The first-order valence-electron chi connectivity index (χ1n) is 11.0. The topological polar surface area (TPSA) is 102 Å². The van der Waals surface area contributed by atoms with Crippen molar-refractivity contribution in [3.63, 3.8) is 0 Å². The molecule has 1 aliphatic rings. The Labute approximate surface area is 204 Å². The number of halogens is 1. The average Bonchev–Trinajstić information content (AvgIpc) is 3.24. The van der Waals surface area contributed by atoms with E-state index in [0.29, 0.717) is 17.2 Å². The zero-order chi connectivity index (χ0) is 23.8. The summed E-state index contributed by atoms with van der Waals surface area (Å²) in [6, 6.07) is 5.81. The molecule has 0 amide bonds. The standard InChI is InChI=1S/C24H24ClN5O3S/c1-13-5-15(25)6-19(18(13)7-16-10-26-3-4-33-16)21-22-20(28-12-29-21)8-17(34-22)11-30-23(31)14(2)9-27-24(30)32/h5-6,8-9,12,16,26H,3-4,7,10-11H2,1-2H3,(H,27,32). The molecule has 10 heteroatoms. The smallest absolute Gasteiger partial charge is 0.328 e. The lowest BCUT2D eigenvalue weighted by molar-refractivity contribution is 0.0292. The zero-order valence-electron chi connectivity index (χ0n) is 18.9. The summed E-state index contributed by atoms with van der Waals surface area (Å²) in [4.78, 5) is 37.3. The van der Waals surface area contributed by atoms with Gasteiger partial charge in [-0.1, -0.05) is 11.6 Å². The Morgan fingerprint density at radius 3 is 2.85 bits per heavy atom. The van der Waals surface area contributed by atoms with Crippen LogP contribution in [-0.2, 0) is 17.7 Å². The minimum atomic E-state index is -0.437. The fourth-order valence-corrected chi connectivity index (χ4v) is 5.70. The van der Waals surface area contributed by atoms with Crippen LogP contribution in [0.1, 0.15) is 21.6 Å². The number of hydrogen-bond donors (Lipinski definition) is 2. The summed E-state index contributed by atoms with van der Waals surface area (Å²) in [6.07, 6.45) is 3.79. The molecule has 3 aromatic heterocycles. The van der Waals surface area contributed by atoms with Crippen molar-refractivity contribution in [2.24, 2.45) is 0 Å². The van der Waals surface area contributed by atoms with Gasteiger partial charge in [-0.3, -0.25) is 9.36 Å². The number of benzene rings is 1. The molecule has 2 N–H and O–H groups in total. The summed E-state index contributed by atoms with van der Waals surface area (Å²) in [6.45, 7) is 6.24. The van der Waals surface area contributed by atoms with Crippen LogP contribution < -0.4 is 16.6 Å². The number of aromatic amines is 1. The Morgan fingerprint density at radius 1 is 1.21 bits per heavy atom. The molecule has 1 aliphatic heterocycles. The molecule has 0 saturated carbocycles. The molecule has 4 heterocycles. The van der Waals surface area contributed by atoms with Crippen molar-refractivity contribution in [1.82, 2.24) is 24.8 Å². The summed E-state index contributed by atoms with van der Waals surface area (Å²) in [5.41, 5.74) is 4.47. The van der Waals surface area contributed by atoms with Crippen LogP contribution in [0.25, 0.3) is 21.5 Å². The Balaban J connectivity index is 1.59. The first kappa shape index (κ1) is 22.9. The fourth-order valence-electron chi connectivity index (χ4n) is 4.32. The summed E-state index contributed by atoms with van der Waals surface area (Å²) in [5, 5.41) is 4.02. The maximum atomic E-state index is 12.5. The molecule has 176 valence electrons. The van der Waals surface area contributed by atoms with E-state index >= 15 is 0 Å². The second-order valence-corrected chi connectivity index (χ2v) is 10.0. The van der Waals surface area contributed by atoms with Crippen LogP contribution in [0.15, 0.2) is 40.3 Å². The summed E-state index contributed by atoms with van der Waals surface area (Å²) in [5.74, 6) is 0. The van der Waals surface area contributed by atoms with Crippen LogP contribution in [0.4, 0.5) is 0 Å². The van der Waals surface area contributed by atoms with E-state index in [2.05, 4.69) is 27.2 Å². The molecule has 1 atom stereocenters. The lowest BCUT2D eigenvalue weighted by Crippen LogP contribution is -2.39. The Kier molecular flexibility index (Phi) is 6.35. The number of thiophene rings is 1. The van der Waals surface area contributed by atoms with Gasteiger partial charge in [0.2, 0.25) is 0 Å². The number of aryl methyl sites for hydroxylation is 2. The van der Waals surface area contributed by atoms with Crippen LogP contribution in [0.3, 0.4) is 0 Å². The predicted molar refractivity (Wildman–Crippen MR) is 134 cm³/mol. The molecule has 0 spiro atoms. The number of fused-ring (bicyclic) bond motifs is 1. The molecule has 1 unspecified atom stereocenters. The number of aromatic nitrogens is 4. The van der Waals surface area contributed by atoms with Gasteiger partial charge in [-0.15, -0.1) is 11.3 Å². The third-order valence-corrected chi connectivity index (χ3v) is 7.38. The van der Waals surface area contributed by atoms with Gasteiger partial charge in [-0.05, 0) is 43.2 Å². The van der Waals surface area contributed by atoms with Crippen molar-refractivity contribution < 1.29 is 4.74 Å². The number of rotatable bonds is 5. The lowest BCUT2D eigenvalue weighted by Gasteiger charge is -2.25. The second-order valence-electron chi connectivity index (χ2n) is 8.47. The Bertz CT molecular complexity index is 1490. The minimum absolute atomic E-state index is 0.0727. The summed E-state index contributed by atoms with van der Waals surface area (Å²) < 4.78 is 8.05. The van der Waals surface area contributed by atoms with Crippen LogP contribution in [0.2, 0.25) is 5.02 Å². The van der Waals surface area contributed by atoms with E-state index in [-0.39, 0.29) is 18.2 Å². The van der Waals surface area contributed by atoms with Gasteiger partial charge in [-0.25, -0.2) is 14.8 Å². The van der Waals surface area contributed by atoms with Gasteiger partial charge < -0.3 is 15.0 Å². The lowest BCUT2D eigenvalue weighted by atomic mass is 9.94. The highest BCUT2D eigenvalue weighted by molar-refractivity contribution is 7.19. The van der Waals surface area contributed by atoms with Gasteiger partial charge >= 0.3 is 5.69 Å². The van der Waals surface area contributed by atoms with Crippen LogP contribution >= 0.6 is 22.9 Å². The maximum absolute atomic E-state index is 12.5. The molecular formula is C24H24ClN5O3S. The second kappa shape index (κ2) is 9.42. The number of H-pyrrole nitrogens is 1. The van der Waals surface area contributed by atoms with Crippen molar-refractivity contribution in [2.45, 2.75) is 32.9 Å². The van der Waals surface area contributed by atoms with Gasteiger partial charge in [0.15, 0.2) is 0 Å². The molecule has 1 aromatic carbocycles. The number of hydrogen-bond acceptors (Lipinski definition) is 7. The molecule has 0 radical (unpaired) electrons. The zero-order valence-corrected chi connectivity index (χ0v) is 20.4. The van der Waals surface area contributed by atoms with Gasteiger partial charge in [0, 0.05) is 46.7 Å². The number of ether oxygens (including phenoxy) is 1. The van der Waals surface area contributed by atoms with E-state index in [1.165, 1.54) is 22.1 Å². The molecule has 8 nitrogen and oxygen atoms in total. The summed E-state index contributed by atoms with van der Waals surface area (Å²) in [7, 11) is 0. The quantitative estimate of drug-likeness (QED) is 0.439. The maximum Gasteiger partial charge on any atom is 0.328 e. The van der Waals surface area contributed by atoms with Crippen molar-refractivity contribution in [3.8, 4) is 11.3 Å². The van der Waals surface area contributed by atoms with Gasteiger partial charge in [0.1, 0.15) is 6.33 Å². The minimum Gasteiger partial charge on any atom is -0.375 e. The van der Waals surface area contributed by atoms with Gasteiger partial charge in [-0.2, -0.15) is 0 Å². The molecule has 5 rings (SSSR count). The highest BCUT2D eigenvalue weighted by atomic mass is 35.5.